The van der Waals surface area contributed by atoms with E-state index in [9.17, 15) is 75.7 Å². The van der Waals surface area contributed by atoms with E-state index in [1.54, 1.807) is 0 Å². The van der Waals surface area contributed by atoms with Crippen LogP contribution in [0.4, 0.5) is 0 Å². The second-order valence-corrected chi connectivity index (χ2v) is 28.6. The first-order chi connectivity index (χ1) is 46.9. The number of ether oxygens (including phenoxy) is 6. The van der Waals surface area contributed by atoms with Gasteiger partial charge in [0.05, 0.1) is 50.7 Å². The highest BCUT2D eigenvalue weighted by Gasteiger charge is 2.60. The van der Waals surface area contributed by atoms with Crippen molar-refractivity contribution in [1.29, 1.82) is 0 Å². The zero-order valence-electron chi connectivity index (χ0n) is 60.2. The quantitative estimate of drug-likeness (QED) is 0.0252. The first kappa shape index (κ1) is 88.9. The number of aliphatic hydroxyl groups excluding tert-OH is 11. The number of nitrogens with one attached hydrogen (secondary N) is 2. The molecule has 0 aromatic carbocycles. The maximum Gasteiger partial charge on any atom is 0.364 e. The van der Waals surface area contributed by atoms with Crippen LogP contribution in [0.1, 0.15) is 316 Å². The van der Waals surface area contributed by atoms with Crippen LogP contribution in [0, 0.1) is 0 Å². The molecule has 3 aliphatic heterocycles. The molecule has 0 radical (unpaired) electrons. The Morgan fingerprint density at radius 2 is 0.897 bits per heavy atom. The van der Waals surface area contributed by atoms with Crippen LogP contribution in [-0.2, 0) is 42.8 Å². The molecule has 0 aromatic heterocycles. The third kappa shape index (κ3) is 35.7. The van der Waals surface area contributed by atoms with Crippen molar-refractivity contribution in [3.63, 3.8) is 0 Å². The van der Waals surface area contributed by atoms with Crippen LogP contribution < -0.4 is 10.6 Å². The first-order valence-electron chi connectivity index (χ1n) is 38.9. The summed E-state index contributed by atoms with van der Waals surface area (Å²) in [6, 6.07) is -2.52. The molecule has 0 spiro atoms. The monoisotopic (exact) mass is 1390 g/mol. The molecule has 0 aromatic rings. The molecule has 97 heavy (non-hydrogen) atoms. The van der Waals surface area contributed by atoms with Gasteiger partial charge >= 0.3 is 5.97 Å². The van der Waals surface area contributed by atoms with Gasteiger partial charge in [-0.1, -0.05) is 284 Å². The molecule has 0 bridgehead atoms. The number of amides is 2. The first-order valence-corrected chi connectivity index (χ1v) is 38.9. The Bertz CT molecular complexity index is 1950. The van der Waals surface area contributed by atoms with Gasteiger partial charge in [0.15, 0.2) is 12.6 Å². The number of carbonyl (C=O) groups excluding carboxylic acids is 2. The van der Waals surface area contributed by atoms with Crippen molar-refractivity contribution in [3.05, 3.63) is 0 Å². The minimum Gasteiger partial charge on any atom is -0.477 e. The second-order valence-electron chi connectivity index (χ2n) is 28.6. The lowest BCUT2D eigenvalue weighted by Gasteiger charge is -2.50. The van der Waals surface area contributed by atoms with E-state index >= 15 is 0 Å². The molecule has 0 saturated carbocycles. The number of aliphatic carboxylic acids is 1. The molecular weight excluding hydrogens is 1250 g/mol. The molecule has 23 heteroatoms. The van der Waals surface area contributed by atoms with Crippen LogP contribution in [0.3, 0.4) is 0 Å². The Morgan fingerprint density at radius 3 is 1.29 bits per heavy atom. The van der Waals surface area contributed by atoms with Gasteiger partial charge in [0.2, 0.25) is 11.8 Å². The van der Waals surface area contributed by atoms with Crippen molar-refractivity contribution in [2.45, 2.75) is 426 Å². The van der Waals surface area contributed by atoms with Crippen LogP contribution in [0.2, 0.25) is 0 Å². The van der Waals surface area contributed by atoms with Crippen molar-refractivity contribution in [3.8, 4) is 0 Å². The van der Waals surface area contributed by atoms with E-state index in [4.69, 9.17) is 28.4 Å². The lowest BCUT2D eigenvalue weighted by atomic mass is 9.88. The highest BCUT2D eigenvalue weighted by molar-refractivity contribution is 5.77. The summed E-state index contributed by atoms with van der Waals surface area (Å²) in [7, 11) is 0. The minimum absolute atomic E-state index is 0.230. The van der Waals surface area contributed by atoms with Crippen molar-refractivity contribution < 1.29 is 104 Å². The lowest BCUT2D eigenvalue weighted by molar-refractivity contribution is -0.386. The van der Waals surface area contributed by atoms with Gasteiger partial charge in [0, 0.05) is 19.8 Å². The molecule has 23 nitrogen and oxygen atoms in total. The zero-order chi connectivity index (χ0) is 71.1. The van der Waals surface area contributed by atoms with Crippen LogP contribution >= 0.6 is 0 Å². The number of rotatable bonds is 61. The molecule has 18 atom stereocenters. The summed E-state index contributed by atoms with van der Waals surface area (Å²) in [5, 5.41) is 136. The zero-order valence-corrected chi connectivity index (χ0v) is 60.2. The summed E-state index contributed by atoms with van der Waals surface area (Å²) in [5.41, 5.74) is 0. The molecule has 18 unspecified atom stereocenters. The maximum atomic E-state index is 13.5. The Morgan fingerprint density at radius 1 is 0.495 bits per heavy atom. The van der Waals surface area contributed by atoms with E-state index in [0.29, 0.717) is 19.3 Å². The largest absolute Gasteiger partial charge is 0.477 e. The number of hydrogen-bond acceptors (Lipinski definition) is 20. The van der Waals surface area contributed by atoms with Gasteiger partial charge in [0.25, 0.3) is 5.79 Å². The van der Waals surface area contributed by atoms with Crippen LogP contribution in [0.15, 0.2) is 0 Å². The lowest BCUT2D eigenvalue weighted by Crippen LogP contribution is -2.70. The maximum absolute atomic E-state index is 13.5. The molecule has 2 amide bonds. The van der Waals surface area contributed by atoms with E-state index in [-0.39, 0.29) is 18.9 Å². The van der Waals surface area contributed by atoms with Crippen LogP contribution in [-0.4, -0.2) is 215 Å². The second kappa shape index (κ2) is 54.4. The fraction of sp³-hybridized carbons (Fsp3) is 0.959. The molecule has 3 rings (SSSR count). The van der Waals surface area contributed by atoms with E-state index in [2.05, 4.69) is 24.5 Å². The smallest absolute Gasteiger partial charge is 0.364 e. The molecule has 3 heterocycles. The van der Waals surface area contributed by atoms with Crippen molar-refractivity contribution in [2.75, 3.05) is 26.4 Å². The van der Waals surface area contributed by atoms with Gasteiger partial charge in [-0.2, -0.15) is 0 Å². The predicted molar refractivity (Wildman–Crippen MR) is 371 cm³/mol. The number of carboxylic acid groups (broad SMARTS) is 1. The number of carboxylic acids is 1. The Labute approximate surface area is 582 Å². The summed E-state index contributed by atoms with van der Waals surface area (Å²) < 4.78 is 34.9. The number of carbonyl (C=O) groups is 3. The third-order valence-corrected chi connectivity index (χ3v) is 20.1. The number of hydrogen-bond donors (Lipinski definition) is 14. The molecule has 572 valence electrons. The highest BCUT2D eigenvalue weighted by atomic mass is 16.8. The average molecular weight is 1390 g/mol. The van der Waals surface area contributed by atoms with Crippen molar-refractivity contribution in [2.24, 2.45) is 0 Å². The van der Waals surface area contributed by atoms with Crippen LogP contribution in [0.5, 0.6) is 0 Å². The van der Waals surface area contributed by atoms with Crippen LogP contribution in [0.25, 0.3) is 0 Å². The Kier molecular flexibility index (Phi) is 49.9. The van der Waals surface area contributed by atoms with Crippen molar-refractivity contribution >= 4 is 17.8 Å². The summed E-state index contributed by atoms with van der Waals surface area (Å²) >= 11 is 0. The van der Waals surface area contributed by atoms with Gasteiger partial charge in [-0.3, -0.25) is 9.59 Å². The van der Waals surface area contributed by atoms with E-state index in [1.807, 2.05) is 0 Å². The molecule has 3 fully saturated rings. The van der Waals surface area contributed by atoms with Crippen molar-refractivity contribution in [1.82, 2.24) is 10.6 Å². The predicted octanol–water partition coefficient (Wildman–Crippen LogP) is 9.24. The summed E-state index contributed by atoms with van der Waals surface area (Å²) in [4.78, 5) is 38.7. The highest BCUT2D eigenvalue weighted by Crippen LogP contribution is 2.39. The Hall–Kier alpha value is -2.27. The van der Waals surface area contributed by atoms with Gasteiger partial charge in [-0.05, 0) is 12.8 Å². The topological polar surface area (TPSA) is 373 Å². The van der Waals surface area contributed by atoms with E-state index in [0.717, 1.165) is 51.9 Å². The standard InChI is InChI=1S/C74H140N2O21/c1-4-6-8-10-12-14-16-18-20-22-23-24-25-26-27-28-29-30-32-34-36-38-40-42-44-46-48-61(84)76-55(56(81)47-45-43-41-39-37-35-33-31-21-19-17-15-13-11-9-7-5-2)53-92-71-66(88)65(87)68(60(52-79)94-71)95-72-67(89)70(64(86)59(51-78)93-72)97-74(73(90)91)49-57(82)62(75-54(3)80)69(96-74)63(85)58(83)50-77/h55-60,62-72,77-79,81-83,85-89H,4-53H2,1-3H3,(H,75,80)(H,76,84)(H,90,91). The van der Waals surface area contributed by atoms with Gasteiger partial charge < -0.3 is 100 Å². The van der Waals surface area contributed by atoms with E-state index < -0.39 is 148 Å². The molecule has 0 aliphatic carbocycles. The number of unbranched alkanes of at least 4 members (excludes halogenated alkanes) is 41. The fourth-order valence-corrected chi connectivity index (χ4v) is 13.9. The molecule has 3 saturated heterocycles. The SMILES string of the molecule is CCCCCCCCCCCCCCCCCCCCCCCCCCCCC(=O)NC(COC1OC(CO)C(OC2OC(CO)C(O)C(OC3(C(=O)O)CC(O)C(NC(C)=O)C(C(O)C(O)CO)O3)C2O)C(O)C1O)C(O)CCCCCCCCCCCCCCCCCCC. The minimum atomic E-state index is -3.08. The molecule has 3 aliphatic rings. The molecular formula is C74H140N2O21. The molecule has 14 N–H and O–H groups in total. The third-order valence-electron chi connectivity index (χ3n) is 20.1. The average Bonchev–Trinajstić information content (AvgIpc) is 0.763. The summed E-state index contributed by atoms with van der Waals surface area (Å²) in [6.45, 7) is 2.26. The van der Waals surface area contributed by atoms with E-state index in [1.165, 1.54) is 218 Å². The Balaban J connectivity index is 1.52. The van der Waals surface area contributed by atoms with Gasteiger partial charge in [-0.15, -0.1) is 0 Å². The van der Waals surface area contributed by atoms with Gasteiger partial charge in [0.1, 0.15) is 67.1 Å². The number of aliphatic hydroxyl groups is 11. The summed E-state index contributed by atoms with van der Waals surface area (Å²) in [6.07, 6.45) is 25.3. The summed E-state index contributed by atoms with van der Waals surface area (Å²) in [5.74, 6) is -6.09. The van der Waals surface area contributed by atoms with Gasteiger partial charge in [-0.25, -0.2) is 4.79 Å². The fourth-order valence-electron chi connectivity index (χ4n) is 13.9. The normalized spacial score (nSPS) is 27.3.